The largest absolute Gasteiger partial charge is 0.493 e. The molecule has 0 aliphatic carbocycles. The summed E-state index contributed by atoms with van der Waals surface area (Å²) in [5.74, 6) is 0.0216. The lowest BCUT2D eigenvalue weighted by Crippen LogP contribution is -2.43. The molecule has 38 heavy (non-hydrogen) atoms. The fraction of sp³-hybridized carbons (Fsp3) is 0.286. The zero-order chi connectivity index (χ0) is 27.3. The van der Waals surface area contributed by atoms with Gasteiger partial charge in [-0.3, -0.25) is 9.59 Å². The monoisotopic (exact) mass is 537 g/mol. The summed E-state index contributed by atoms with van der Waals surface area (Å²) >= 11 is 0. The van der Waals surface area contributed by atoms with E-state index in [2.05, 4.69) is 16.0 Å². The van der Waals surface area contributed by atoms with E-state index in [1.165, 1.54) is 0 Å². The number of carbonyl (C=O) groups excluding carboxylic acids is 2. The minimum Gasteiger partial charge on any atom is -0.493 e. The maximum atomic E-state index is 12.8. The van der Waals surface area contributed by atoms with Gasteiger partial charge in [0, 0.05) is 12.1 Å². The lowest BCUT2D eigenvalue weighted by Gasteiger charge is -2.27. The Morgan fingerprint density at radius 2 is 1.74 bits per heavy atom. The second kappa shape index (κ2) is 11.6. The van der Waals surface area contributed by atoms with Crippen LogP contribution in [0.1, 0.15) is 27.0 Å². The average Bonchev–Trinajstić information content (AvgIpc) is 2.88. The molecule has 9 nitrogen and oxygen atoms in total. The summed E-state index contributed by atoms with van der Waals surface area (Å²) in [6.45, 7) is 2.30. The first kappa shape index (κ1) is 27.0. The molecule has 1 aliphatic rings. The molecule has 2 amide bonds. The first-order chi connectivity index (χ1) is 18.2. The Labute approximate surface area is 222 Å². The van der Waals surface area contributed by atoms with Gasteiger partial charge in [0.15, 0.2) is 21.3 Å². The van der Waals surface area contributed by atoms with E-state index in [0.717, 1.165) is 11.1 Å². The Kier molecular flexibility index (Phi) is 8.21. The van der Waals surface area contributed by atoms with E-state index in [4.69, 9.17) is 9.47 Å². The summed E-state index contributed by atoms with van der Waals surface area (Å²) in [5, 5.41) is 8.62. The number of methoxy groups -OCH3 is 2. The Balaban J connectivity index is 1.35. The van der Waals surface area contributed by atoms with Crippen LogP contribution in [0.5, 0.6) is 11.5 Å². The van der Waals surface area contributed by atoms with E-state index in [0.29, 0.717) is 47.0 Å². The number of ether oxygens (including phenoxy) is 2. The van der Waals surface area contributed by atoms with E-state index in [-0.39, 0.29) is 17.4 Å². The molecule has 0 spiro atoms. The van der Waals surface area contributed by atoms with Crippen LogP contribution in [0.4, 0.5) is 11.4 Å². The highest BCUT2D eigenvalue weighted by atomic mass is 32.2. The first-order valence-electron chi connectivity index (χ1n) is 12.1. The highest BCUT2D eigenvalue weighted by Crippen LogP contribution is 2.29. The lowest BCUT2D eigenvalue weighted by atomic mass is 10.1. The van der Waals surface area contributed by atoms with Crippen molar-refractivity contribution in [2.45, 2.75) is 25.1 Å². The maximum absolute atomic E-state index is 12.8. The summed E-state index contributed by atoms with van der Waals surface area (Å²) in [6, 6.07) is 16.8. The summed E-state index contributed by atoms with van der Waals surface area (Å²) in [4.78, 5) is 25.4. The van der Waals surface area contributed by atoms with Gasteiger partial charge in [-0.2, -0.15) is 0 Å². The minimum atomic E-state index is -3.55. The molecule has 0 bridgehead atoms. The van der Waals surface area contributed by atoms with Gasteiger partial charge in [0.2, 0.25) is 5.91 Å². The predicted molar refractivity (Wildman–Crippen MR) is 147 cm³/mol. The van der Waals surface area contributed by atoms with Crippen molar-refractivity contribution in [3.05, 3.63) is 82.9 Å². The molecular formula is C28H31N3O6S. The highest BCUT2D eigenvalue weighted by molar-refractivity contribution is 7.90. The fourth-order valence-corrected chi connectivity index (χ4v) is 5.88. The van der Waals surface area contributed by atoms with Gasteiger partial charge in [0.25, 0.3) is 5.91 Å². The number of fused-ring (bicyclic) bond motifs is 1. The van der Waals surface area contributed by atoms with Crippen molar-refractivity contribution in [3.8, 4) is 11.5 Å². The van der Waals surface area contributed by atoms with Gasteiger partial charge in [-0.1, -0.05) is 35.9 Å². The Morgan fingerprint density at radius 1 is 0.947 bits per heavy atom. The summed E-state index contributed by atoms with van der Waals surface area (Å²) in [6.07, 6.45) is 0.591. The summed E-state index contributed by atoms with van der Waals surface area (Å²) in [7, 11) is -0.410. The molecule has 0 radical (unpaired) electrons. The van der Waals surface area contributed by atoms with Gasteiger partial charge in [-0.05, 0) is 54.8 Å². The lowest BCUT2D eigenvalue weighted by molar-refractivity contribution is -0.116. The number of nitrogens with one attached hydrogen (secondary N) is 3. The van der Waals surface area contributed by atoms with Crippen molar-refractivity contribution >= 4 is 33.0 Å². The van der Waals surface area contributed by atoms with Crippen LogP contribution in [0.15, 0.2) is 60.7 Å². The van der Waals surface area contributed by atoms with Crippen LogP contribution in [0.3, 0.4) is 0 Å². The predicted octanol–water partition coefficient (Wildman–Crippen LogP) is 3.33. The highest BCUT2D eigenvalue weighted by Gasteiger charge is 2.30. The van der Waals surface area contributed by atoms with Crippen LogP contribution in [0.25, 0.3) is 0 Å². The number of rotatable bonds is 10. The SMILES string of the molecule is COc1ccc(CCNC(=O)c2ccc3c(c2)NC(=O)[C@H](CS(=O)(=O)Cc2cccc(C)c2)N3)cc1OC. The molecular weight excluding hydrogens is 506 g/mol. The molecule has 10 heteroatoms. The quantitative estimate of drug-likeness (QED) is 0.363. The molecule has 0 saturated carbocycles. The molecule has 0 aromatic heterocycles. The van der Waals surface area contributed by atoms with Crippen molar-refractivity contribution in [2.75, 3.05) is 37.2 Å². The van der Waals surface area contributed by atoms with Crippen LogP contribution in [0.2, 0.25) is 0 Å². The second-order valence-corrected chi connectivity index (χ2v) is 11.3. The van der Waals surface area contributed by atoms with Crippen molar-refractivity contribution in [2.24, 2.45) is 0 Å². The number of benzene rings is 3. The van der Waals surface area contributed by atoms with Crippen molar-refractivity contribution in [3.63, 3.8) is 0 Å². The van der Waals surface area contributed by atoms with Gasteiger partial charge < -0.3 is 25.4 Å². The van der Waals surface area contributed by atoms with Gasteiger partial charge in [-0.25, -0.2) is 8.42 Å². The number of carbonyl (C=O) groups is 2. The van der Waals surface area contributed by atoms with Crippen molar-refractivity contribution in [1.82, 2.24) is 5.32 Å². The molecule has 1 atom stereocenters. The molecule has 200 valence electrons. The molecule has 3 aromatic rings. The summed E-state index contributed by atoms with van der Waals surface area (Å²) in [5.41, 5.74) is 4.00. The zero-order valence-corrected chi connectivity index (χ0v) is 22.4. The van der Waals surface area contributed by atoms with Gasteiger partial charge in [-0.15, -0.1) is 0 Å². The van der Waals surface area contributed by atoms with Crippen LogP contribution in [-0.2, 0) is 26.8 Å². The van der Waals surface area contributed by atoms with Crippen molar-refractivity contribution < 1.29 is 27.5 Å². The number of amides is 2. The van der Waals surface area contributed by atoms with E-state index >= 15 is 0 Å². The molecule has 0 saturated heterocycles. The molecule has 0 unspecified atom stereocenters. The number of hydrogen-bond acceptors (Lipinski definition) is 7. The third-order valence-corrected chi connectivity index (χ3v) is 7.84. The number of hydrogen-bond donors (Lipinski definition) is 3. The Bertz CT molecular complexity index is 1450. The van der Waals surface area contributed by atoms with Gasteiger partial charge in [0.05, 0.1) is 37.1 Å². The van der Waals surface area contributed by atoms with Gasteiger partial charge >= 0.3 is 0 Å². The van der Waals surface area contributed by atoms with E-state index in [1.807, 2.05) is 43.3 Å². The smallest absolute Gasteiger partial charge is 0.251 e. The van der Waals surface area contributed by atoms with Crippen molar-refractivity contribution in [1.29, 1.82) is 0 Å². The molecule has 0 fully saturated rings. The van der Waals surface area contributed by atoms with Crippen LogP contribution >= 0.6 is 0 Å². The molecule has 4 rings (SSSR count). The second-order valence-electron chi connectivity index (χ2n) is 9.19. The van der Waals surface area contributed by atoms with E-state index in [9.17, 15) is 18.0 Å². The van der Waals surface area contributed by atoms with Crippen LogP contribution < -0.4 is 25.4 Å². The number of anilines is 2. The number of sulfone groups is 1. The fourth-order valence-electron chi connectivity index (χ4n) is 4.33. The third-order valence-electron chi connectivity index (χ3n) is 6.22. The molecule has 3 N–H and O–H groups in total. The minimum absolute atomic E-state index is 0.143. The average molecular weight is 538 g/mol. The zero-order valence-electron chi connectivity index (χ0n) is 21.5. The molecule has 3 aromatic carbocycles. The van der Waals surface area contributed by atoms with E-state index < -0.39 is 21.8 Å². The maximum Gasteiger partial charge on any atom is 0.251 e. The van der Waals surface area contributed by atoms with Crippen LogP contribution in [-0.4, -0.2) is 52.8 Å². The Morgan fingerprint density at radius 3 is 2.47 bits per heavy atom. The molecule has 1 heterocycles. The Hall–Kier alpha value is -4.05. The molecule has 1 aliphatic heterocycles. The van der Waals surface area contributed by atoms with E-state index in [1.54, 1.807) is 38.5 Å². The third kappa shape index (κ3) is 6.63. The first-order valence-corrected chi connectivity index (χ1v) is 14.0. The summed E-state index contributed by atoms with van der Waals surface area (Å²) < 4.78 is 36.1. The normalized spacial score (nSPS) is 14.6. The van der Waals surface area contributed by atoms with Crippen LogP contribution in [0, 0.1) is 6.92 Å². The standard InChI is InChI=1S/C28H31N3O6S/c1-18-5-4-6-20(13-18)16-38(34,35)17-24-28(33)31-23-15-21(8-9-22(23)30-24)27(32)29-12-11-19-7-10-25(36-2)26(14-19)37-3/h4-10,13-15,24,30H,11-12,16-17H2,1-3H3,(H,29,32)(H,31,33)/t24-/m0/s1. The van der Waals surface area contributed by atoms with Gasteiger partial charge in [0.1, 0.15) is 6.04 Å². The number of aryl methyl sites for hydroxylation is 1. The topological polar surface area (TPSA) is 123 Å².